The highest BCUT2D eigenvalue weighted by atomic mass is 79.9. The first-order valence-corrected chi connectivity index (χ1v) is 13.6. The Balaban J connectivity index is 1.41. The van der Waals surface area contributed by atoms with Crippen LogP contribution in [0.2, 0.25) is 0 Å². The van der Waals surface area contributed by atoms with Gasteiger partial charge in [0.05, 0.1) is 50.8 Å². The van der Waals surface area contributed by atoms with Crippen LogP contribution in [-0.2, 0) is 11.2 Å². The normalized spacial score (nSPS) is 14.2. The number of aromatic nitrogens is 3. The van der Waals surface area contributed by atoms with E-state index in [2.05, 4.69) is 57.1 Å². The summed E-state index contributed by atoms with van der Waals surface area (Å²) in [6.07, 6.45) is 0.585. The standard InChI is InChI=1S/C26H23Br2F3N7O3/c1-38(2,13-15-8-23(26(29,30)31)36-25(15)37(40)41)7-3-4-18(39)9-17-10-19-22(12-32-17)33-14-34-24(19)35-16-5-6-20(27)21(28)11-16/h3-6,10-12,14H,7-9,13H2,1-2H3,(H,33,34,35)/q+1/b4-3+. The second-order valence-electron chi connectivity index (χ2n) is 9.91. The summed E-state index contributed by atoms with van der Waals surface area (Å²) in [5.74, 6) is -0.465. The fourth-order valence-electron chi connectivity index (χ4n) is 4.19. The van der Waals surface area contributed by atoms with Crippen molar-refractivity contribution >= 4 is 65.8 Å². The highest BCUT2D eigenvalue weighted by molar-refractivity contribution is 9.13. The van der Waals surface area contributed by atoms with E-state index in [0.717, 1.165) is 14.6 Å². The summed E-state index contributed by atoms with van der Waals surface area (Å²) in [5.41, 5.74) is 0.700. The predicted molar refractivity (Wildman–Crippen MR) is 154 cm³/mol. The molecule has 0 saturated carbocycles. The third-order valence-corrected chi connectivity index (χ3v) is 7.96. The van der Waals surface area contributed by atoms with E-state index in [-0.39, 0.29) is 35.3 Å². The molecule has 3 aromatic rings. The SMILES string of the molecule is C[N+](C)(C/C=C/C(=O)Cc1cc2c(Nc3ccc(Br)c(Br)c3)ncnc2cn1)CC1=C([N+](=O)[O-])N=C(C(F)(F)F)C1. The number of ketones is 1. The lowest BCUT2D eigenvalue weighted by molar-refractivity contribution is -0.880. The highest BCUT2D eigenvalue weighted by Crippen LogP contribution is 2.32. The maximum atomic E-state index is 13.1. The van der Waals surface area contributed by atoms with Gasteiger partial charge in [-0.1, -0.05) is 0 Å². The number of aliphatic imine (C=N–C) groups is 1. The van der Waals surface area contributed by atoms with Crippen LogP contribution in [0.4, 0.5) is 24.7 Å². The number of likely N-dealkylation sites (N-methyl/N-ethyl adjacent to an activating group) is 1. The molecule has 4 rings (SSSR count). The molecule has 214 valence electrons. The molecule has 0 unspecified atom stereocenters. The van der Waals surface area contributed by atoms with Crippen LogP contribution < -0.4 is 5.32 Å². The fourth-order valence-corrected chi connectivity index (χ4v) is 4.81. The van der Waals surface area contributed by atoms with Crippen LogP contribution in [0.5, 0.6) is 0 Å². The van der Waals surface area contributed by atoms with Crippen LogP contribution >= 0.6 is 31.9 Å². The number of nitrogens with one attached hydrogen (secondary N) is 1. The van der Waals surface area contributed by atoms with Crippen molar-refractivity contribution in [2.45, 2.75) is 19.0 Å². The number of allylic oxidation sites excluding steroid dienone is 1. The quantitative estimate of drug-likeness (QED) is 0.121. The first-order valence-electron chi connectivity index (χ1n) is 12.1. The lowest BCUT2D eigenvalue weighted by Crippen LogP contribution is -2.41. The summed E-state index contributed by atoms with van der Waals surface area (Å²) < 4.78 is 41.0. The fraction of sp³-hybridized carbons (Fsp3) is 0.269. The number of halogens is 5. The molecule has 41 heavy (non-hydrogen) atoms. The number of hydrogen-bond acceptors (Lipinski definition) is 8. The van der Waals surface area contributed by atoms with E-state index >= 15 is 0 Å². The highest BCUT2D eigenvalue weighted by Gasteiger charge is 2.47. The Morgan fingerprint density at radius 1 is 1.17 bits per heavy atom. The lowest BCUT2D eigenvalue weighted by Gasteiger charge is -2.28. The van der Waals surface area contributed by atoms with Crippen molar-refractivity contribution in [1.29, 1.82) is 0 Å². The Labute approximate surface area is 249 Å². The van der Waals surface area contributed by atoms with Gasteiger partial charge < -0.3 is 19.9 Å². The molecule has 0 saturated heterocycles. The van der Waals surface area contributed by atoms with Crippen molar-refractivity contribution in [3.05, 3.63) is 85.1 Å². The van der Waals surface area contributed by atoms with Crippen molar-refractivity contribution in [2.75, 3.05) is 32.5 Å². The number of fused-ring (bicyclic) bond motifs is 1. The van der Waals surface area contributed by atoms with Gasteiger partial charge in [0.2, 0.25) is 5.71 Å². The number of hydrogen-bond donors (Lipinski definition) is 1. The zero-order valence-corrected chi connectivity index (χ0v) is 24.9. The number of pyridine rings is 1. The summed E-state index contributed by atoms with van der Waals surface area (Å²) in [6, 6.07) is 7.38. The van der Waals surface area contributed by atoms with E-state index in [1.165, 1.54) is 12.4 Å². The van der Waals surface area contributed by atoms with Crippen LogP contribution in [0.3, 0.4) is 0 Å². The zero-order valence-electron chi connectivity index (χ0n) is 21.7. The van der Waals surface area contributed by atoms with Gasteiger partial charge in [-0.15, -0.1) is 0 Å². The summed E-state index contributed by atoms with van der Waals surface area (Å²) in [5, 5.41) is 15.2. The van der Waals surface area contributed by atoms with Crippen LogP contribution in [-0.4, -0.2) is 69.2 Å². The molecule has 0 spiro atoms. The Kier molecular flexibility index (Phi) is 8.99. The molecule has 10 nitrogen and oxygen atoms in total. The number of quaternary nitrogens is 1. The molecule has 0 radical (unpaired) electrons. The Morgan fingerprint density at radius 2 is 1.93 bits per heavy atom. The topological polar surface area (TPSA) is 123 Å². The average Bonchev–Trinajstić information content (AvgIpc) is 3.30. The lowest BCUT2D eigenvalue weighted by atomic mass is 10.1. The molecule has 1 aromatic carbocycles. The number of benzene rings is 1. The minimum Gasteiger partial charge on any atom is -0.358 e. The number of alkyl halides is 3. The molecule has 0 aliphatic carbocycles. The average molecular weight is 698 g/mol. The van der Waals surface area contributed by atoms with E-state index in [1.807, 2.05) is 18.2 Å². The molecule has 0 amide bonds. The summed E-state index contributed by atoms with van der Waals surface area (Å²) in [7, 11) is 3.41. The first-order chi connectivity index (χ1) is 19.2. The predicted octanol–water partition coefficient (Wildman–Crippen LogP) is 5.93. The van der Waals surface area contributed by atoms with Gasteiger partial charge in [0.15, 0.2) is 5.78 Å². The monoisotopic (exact) mass is 696 g/mol. The molecular weight excluding hydrogens is 675 g/mol. The molecule has 2 aromatic heterocycles. The second-order valence-corrected chi connectivity index (χ2v) is 11.6. The van der Waals surface area contributed by atoms with Crippen LogP contribution in [0, 0.1) is 10.1 Å². The van der Waals surface area contributed by atoms with Crippen LogP contribution in [0.25, 0.3) is 10.9 Å². The van der Waals surface area contributed by atoms with Crippen molar-refractivity contribution in [3.8, 4) is 0 Å². The van der Waals surface area contributed by atoms with Gasteiger partial charge >= 0.3 is 12.0 Å². The smallest absolute Gasteiger partial charge is 0.358 e. The molecule has 0 fully saturated rings. The number of anilines is 2. The minimum atomic E-state index is -4.73. The largest absolute Gasteiger partial charge is 0.454 e. The molecule has 0 bridgehead atoms. The molecule has 1 aliphatic rings. The first kappa shape index (κ1) is 30.4. The summed E-state index contributed by atoms with van der Waals surface area (Å²) in [6.45, 7) is 0.215. The van der Waals surface area contributed by atoms with E-state index < -0.39 is 29.1 Å². The Bertz CT molecular complexity index is 1620. The minimum absolute atomic E-state index is 0.00254. The Hall–Kier alpha value is -3.56. The van der Waals surface area contributed by atoms with Gasteiger partial charge in [0, 0.05) is 25.7 Å². The van der Waals surface area contributed by atoms with Gasteiger partial charge in [-0.25, -0.2) is 9.97 Å². The second kappa shape index (κ2) is 12.1. The molecule has 1 N–H and O–H groups in total. The number of nitro groups is 1. The van der Waals surface area contributed by atoms with Crippen molar-refractivity contribution in [3.63, 3.8) is 0 Å². The van der Waals surface area contributed by atoms with E-state index in [4.69, 9.17) is 0 Å². The van der Waals surface area contributed by atoms with E-state index in [0.29, 0.717) is 22.4 Å². The number of carbonyl (C=O) groups excluding carboxylic acids is 1. The van der Waals surface area contributed by atoms with Crippen molar-refractivity contribution in [2.24, 2.45) is 4.99 Å². The number of carbonyl (C=O) groups is 1. The molecular formula is C26H23Br2F3N7O3+. The van der Waals surface area contributed by atoms with Crippen LogP contribution in [0.1, 0.15) is 12.1 Å². The third kappa shape index (κ3) is 7.80. The molecule has 0 atom stereocenters. The van der Waals surface area contributed by atoms with Crippen molar-refractivity contribution in [1.82, 2.24) is 15.0 Å². The Morgan fingerprint density at radius 3 is 2.61 bits per heavy atom. The van der Waals surface area contributed by atoms with Gasteiger partial charge in [-0.05, 0) is 78.2 Å². The summed E-state index contributed by atoms with van der Waals surface area (Å²) >= 11 is 6.91. The molecule has 1 aliphatic heterocycles. The third-order valence-electron chi connectivity index (χ3n) is 6.08. The van der Waals surface area contributed by atoms with Crippen molar-refractivity contribution < 1.29 is 27.4 Å². The zero-order chi connectivity index (χ0) is 29.9. The maximum Gasteiger partial charge on any atom is 0.454 e. The van der Waals surface area contributed by atoms with E-state index in [9.17, 15) is 28.1 Å². The summed E-state index contributed by atoms with van der Waals surface area (Å²) in [4.78, 5) is 39.2. The maximum absolute atomic E-state index is 13.1. The number of nitrogens with zero attached hydrogens (tertiary/aromatic N) is 6. The molecule has 15 heteroatoms. The van der Waals surface area contributed by atoms with Crippen LogP contribution in [0.15, 0.2) is 74.3 Å². The van der Waals surface area contributed by atoms with Gasteiger partial charge in [-0.2, -0.15) is 13.2 Å². The molecule has 3 heterocycles. The van der Waals surface area contributed by atoms with Gasteiger partial charge in [0.25, 0.3) is 0 Å². The van der Waals surface area contributed by atoms with Gasteiger partial charge in [-0.3, -0.25) is 9.78 Å². The van der Waals surface area contributed by atoms with Gasteiger partial charge in [0.1, 0.15) is 18.7 Å². The number of rotatable bonds is 10. The van der Waals surface area contributed by atoms with E-state index in [1.54, 1.807) is 32.4 Å².